The molecule has 1 aliphatic heterocycles. The van der Waals surface area contributed by atoms with Crippen molar-refractivity contribution in [2.24, 2.45) is 11.7 Å². The minimum atomic E-state index is -3.07. The Labute approximate surface area is 123 Å². The molecule has 2 rings (SSSR count). The lowest BCUT2D eigenvalue weighted by Gasteiger charge is -2.21. The molecule has 0 aromatic heterocycles. The van der Waals surface area contributed by atoms with Gasteiger partial charge in [0.15, 0.2) is 9.84 Å². The molecule has 1 aromatic rings. The predicted octanol–water partition coefficient (Wildman–Crippen LogP) is 0.718. The van der Waals surface area contributed by atoms with Crippen LogP contribution in [0.2, 0.25) is 0 Å². The SMILES string of the molecule is CN(C(=O)C1CCS(=O)(=O)C1)c1cccc(C(N)=S)c1. The highest BCUT2D eigenvalue weighted by atomic mass is 32.2. The summed E-state index contributed by atoms with van der Waals surface area (Å²) in [5.41, 5.74) is 6.90. The molecule has 0 bridgehead atoms. The Kier molecular flexibility index (Phi) is 4.10. The first-order valence-corrected chi connectivity index (χ1v) is 8.41. The number of thiocarbonyl (C=S) groups is 1. The maximum absolute atomic E-state index is 12.3. The Morgan fingerprint density at radius 1 is 1.45 bits per heavy atom. The van der Waals surface area contributed by atoms with Gasteiger partial charge in [0, 0.05) is 18.3 Å². The summed E-state index contributed by atoms with van der Waals surface area (Å²) in [5.74, 6) is -0.625. The second-order valence-corrected chi connectivity index (χ2v) is 7.58. The molecule has 7 heteroatoms. The number of nitrogens with two attached hydrogens (primary N) is 1. The number of nitrogens with zero attached hydrogens (tertiary/aromatic N) is 1. The average Bonchev–Trinajstić information content (AvgIpc) is 2.77. The average molecular weight is 312 g/mol. The minimum absolute atomic E-state index is 0.0643. The molecule has 1 saturated heterocycles. The Morgan fingerprint density at radius 3 is 2.70 bits per heavy atom. The van der Waals surface area contributed by atoms with Crippen molar-refractivity contribution in [3.8, 4) is 0 Å². The van der Waals surface area contributed by atoms with Gasteiger partial charge in [-0.2, -0.15) is 0 Å². The quantitative estimate of drug-likeness (QED) is 0.832. The summed E-state index contributed by atoms with van der Waals surface area (Å²) < 4.78 is 22.9. The lowest BCUT2D eigenvalue weighted by atomic mass is 10.1. The number of hydrogen-bond donors (Lipinski definition) is 1. The zero-order chi connectivity index (χ0) is 14.9. The molecule has 5 nitrogen and oxygen atoms in total. The van der Waals surface area contributed by atoms with Gasteiger partial charge in [-0.3, -0.25) is 4.79 Å². The first-order valence-electron chi connectivity index (χ1n) is 6.18. The van der Waals surface area contributed by atoms with Crippen LogP contribution in [0.25, 0.3) is 0 Å². The fraction of sp³-hybridized carbons (Fsp3) is 0.385. The van der Waals surface area contributed by atoms with Crippen LogP contribution in [0.4, 0.5) is 5.69 Å². The molecule has 1 aromatic carbocycles. The molecule has 1 atom stereocenters. The van der Waals surface area contributed by atoms with E-state index in [0.717, 1.165) is 0 Å². The van der Waals surface area contributed by atoms with Crippen LogP contribution in [0.5, 0.6) is 0 Å². The number of sulfone groups is 1. The van der Waals surface area contributed by atoms with Crippen LogP contribution in [0.1, 0.15) is 12.0 Å². The number of anilines is 1. The molecule has 1 unspecified atom stereocenters. The Balaban J connectivity index is 2.19. The molecule has 0 spiro atoms. The fourth-order valence-electron chi connectivity index (χ4n) is 2.26. The van der Waals surface area contributed by atoms with Gasteiger partial charge in [-0.1, -0.05) is 24.4 Å². The zero-order valence-corrected chi connectivity index (χ0v) is 12.7. The summed E-state index contributed by atoms with van der Waals surface area (Å²) in [6.45, 7) is 0. The van der Waals surface area contributed by atoms with Crippen LogP contribution in [-0.2, 0) is 14.6 Å². The summed E-state index contributed by atoms with van der Waals surface area (Å²) in [6.07, 6.45) is 0.389. The third-order valence-corrected chi connectivity index (χ3v) is 5.43. The van der Waals surface area contributed by atoms with Gasteiger partial charge >= 0.3 is 0 Å². The standard InChI is InChI=1S/C13H16N2O3S2/c1-15(11-4-2-3-9(7-11)12(14)19)13(16)10-5-6-20(17,18)8-10/h2-4,7,10H,5-6,8H2,1H3,(H2,14,19). The van der Waals surface area contributed by atoms with Crippen molar-refractivity contribution in [3.63, 3.8) is 0 Å². The molecule has 1 heterocycles. The number of carbonyl (C=O) groups excluding carboxylic acids is 1. The number of hydrogen-bond acceptors (Lipinski definition) is 4. The molecule has 0 aliphatic carbocycles. The van der Waals surface area contributed by atoms with Crippen molar-refractivity contribution < 1.29 is 13.2 Å². The number of rotatable bonds is 3. The van der Waals surface area contributed by atoms with E-state index in [0.29, 0.717) is 17.7 Å². The maximum atomic E-state index is 12.3. The van der Waals surface area contributed by atoms with Crippen molar-refractivity contribution in [1.82, 2.24) is 0 Å². The van der Waals surface area contributed by atoms with E-state index >= 15 is 0 Å². The molecular formula is C13H16N2O3S2. The molecule has 1 aliphatic rings. The molecule has 0 saturated carbocycles. The van der Waals surface area contributed by atoms with E-state index < -0.39 is 15.8 Å². The van der Waals surface area contributed by atoms with Crippen molar-refractivity contribution in [2.45, 2.75) is 6.42 Å². The minimum Gasteiger partial charge on any atom is -0.389 e. The first kappa shape index (κ1) is 14.9. The van der Waals surface area contributed by atoms with Gasteiger partial charge in [-0.05, 0) is 18.6 Å². The second-order valence-electron chi connectivity index (χ2n) is 4.91. The maximum Gasteiger partial charge on any atom is 0.230 e. The van der Waals surface area contributed by atoms with Crippen molar-refractivity contribution >= 4 is 38.6 Å². The molecule has 1 fully saturated rings. The smallest absolute Gasteiger partial charge is 0.230 e. The highest BCUT2D eigenvalue weighted by Crippen LogP contribution is 2.23. The molecular weight excluding hydrogens is 296 g/mol. The van der Waals surface area contributed by atoms with E-state index in [1.165, 1.54) is 4.90 Å². The van der Waals surface area contributed by atoms with Crippen LogP contribution in [0, 0.1) is 5.92 Å². The molecule has 2 N–H and O–H groups in total. The van der Waals surface area contributed by atoms with Gasteiger partial charge < -0.3 is 10.6 Å². The van der Waals surface area contributed by atoms with Crippen molar-refractivity contribution in [3.05, 3.63) is 29.8 Å². The molecule has 1 amide bonds. The van der Waals surface area contributed by atoms with E-state index in [2.05, 4.69) is 0 Å². The molecule has 108 valence electrons. The number of carbonyl (C=O) groups is 1. The lowest BCUT2D eigenvalue weighted by Crippen LogP contribution is -2.33. The van der Waals surface area contributed by atoms with Gasteiger partial charge in [0.05, 0.1) is 17.4 Å². The van der Waals surface area contributed by atoms with Crippen LogP contribution < -0.4 is 10.6 Å². The summed E-state index contributed by atoms with van der Waals surface area (Å²) in [4.78, 5) is 14.0. The lowest BCUT2D eigenvalue weighted by molar-refractivity contribution is -0.121. The Morgan fingerprint density at radius 2 is 2.15 bits per heavy atom. The van der Waals surface area contributed by atoms with Gasteiger partial charge in [0.1, 0.15) is 4.99 Å². The number of amides is 1. The van der Waals surface area contributed by atoms with E-state index in [-0.39, 0.29) is 22.4 Å². The van der Waals surface area contributed by atoms with Crippen LogP contribution >= 0.6 is 12.2 Å². The Hall–Kier alpha value is -1.47. The van der Waals surface area contributed by atoms with Crippen molar-refractivity contribution in [2.75, 3.05) is 23.5 Å². The highest BCUT2D eigenvalue weighted by Gasteiger charge is 2.34. The van der Waals surface area contributed by atoms with Crippen LogP contribution in [-0.4, -0.2) is 37.9 Å². The van der Waals surface area contributed by atoms with Gasteiger partial charge in [-0.25, -0.2) is 8.42 Å². The monoisotopic (exact) mass is 312 g/mol. The van der Waals surface area contributed by atoms with Gasteiger partial charge in [0.25, 0.3) is 0 Å². The van der Waals surface area contributed by atoms with Crippen LogP contribution in [0.15, 0.2) is 24.3 Å². The van der Waals surface area contributed by atoms with Gasteiger partial charge in [0.2, 0.25) is 5.91 Å². The van der Waals surface area contributed by atoms with E-state index in [1.807, 2.05) is 0 Å². The third kappa shape index (κ3) is 3.16. The van der Waals surface area contributed by atoms with E-state index in [4.69, 9.17) is 18.0 Å². The first-order chi connectivity index (χ1) is 9.30. The van der Waals surface area contributed by atoms with E-state index in [1.54, 1.807) is 31.3 Å². The highest BCUT2D eigenvalue weighted by molar-refractivity contribution is 7.91. The van der Waals surface area contributed by atoms with Gasteiger partial charge in [-0.15, -0.1) is 0 Å². The topological polar surface area (TPSA) is 80.5 Å². The fourth-order valence-corrected chi connectivity index (χ4v) is 4.12. The predicted molar refractivity (Wildman–Crippen MR) is 82.5 cm³/mol. The summed E-state index contributed by atoms with van der Waals surface area (Å²) in [7, 11) is -1.44. The number of benzene rings is 1. The largest absolute Gasteiger partial charge is 0.389 e. The second kappa shape index (κ2) is 5.49. The van der Waals surface area contributed by atoms with Crippen LogP contribution in [0.3, 0.4) is 0 Å². The normalized spacial score (nSPS) is 20.6. The Bertz CT molecular complexity index is 655. The summed E-state index contributed by atoms with van der Waals surface area (Å²) >= 11 is 4.91. The van der Waals surface area contributed by atoms with Crippen molar-refractivity contribution in [1.29, 1.82) is 0 Å². The van der Waals surface area contributed by atoms with E-state index in [9.17, 15) is 13.2 Å². The molecule has 0 radical (unpaired) electrons. The summed E-state index contributed by atoms with van der Waals surface area (Å²) in [6, 6.07) is 7.02. The molecule has 20 heavy (non-hydrogen) atoms. The zero-order valence-electron chi connectivity index (χ0n) is 11.1. The third-order valence-electron chi connectivity index (χ3n) is 3.43. The summed E-state index contributed by atoms with van der Waals surface area (Å²) in [5, 5.41) is 0.